The lowest BCUT2D eigenvalue weighted by atomic mass is 9.89. The molecule has 146 valence electrons. The van der Waals surface area contributed by atoms with Gasteiger partial charge in [-0.1, -0.05) is 46.3 Å². The molecule has 2 aromatic rings. The number of halogens is 1. The van der Waals surface area contributed by atoms with Crippen LogP contribution in [-0.2, 0) is 15.9 Å². The molecular weight excluding hydrogens is 412 g/mol. The maximum atomic E-state index is 6.03. The average molecular weight is 437 g/mol. The minimum Gasteiger partial charge on any atom is -0.493 e. The van der Waals surface area contributed by atoms with Gasteiger partial charge in [0.05, 0.1) is 34.0 Å². The molecule has 1 heterocycles. The molecule has 3 rings (SSSR count). The van der Waals surface area contributed by atoms with Gasteiger partial charge in [-0.15, -0.1) is 0 Å². The molecule has 1 saturated heterocycles. The Bertz CT molecular complexity index is 750. The van der Waals surface area contributed by atoms with Crippen LogP contribution in [0.1, 0.15) is 23.7 Å². The first-order chi connectivity index (χ1) is 13.2. The second-order valence-electron chi connectivity index (χ2n) is 6.40. The van der Waals surface area contributed by atoms with Crippen LogP contribution in [0.15, 0.2) is 40.9 Å². The first-order valence-electron chi connectivity index (χ1n) is 8.91. The second kappa shape index (κ2) is 9.44. The van der Waals surface area contributed by atoms with Crippen molar-refractivity contribution < 1.29 is 23.7 Å². The summed E-state index contributed by atoms with van der Waals surface area (Å²) in [5, 5.41) is 0. The van der Waals surface area contributed by atoms with Crippen molar-refractivity contribution in [2.75, 3.05) is 34.7 Å². The first kappa shape index (κ1) is 20.0. The van der Waals surface area contributed by atoms with Gasteiger partial charge >= 0.3 is 0 Å². The predicted octanol–water partition coefficient (Wildman–Crippen LogP) is 4.77. The number of hydrogen-bond donors (Lipinski definition) is 0. The minimum atomic E-state index is -0.161. The van der Waals surface area contributed by atoms with Crippen molar-refractivity contribution in [1.29, 1.82) is 0 Å². The van der Waals surface area contributed by atoms with Crippen molar-refractivity contribution in [2.45, 2.75) is 18.9 Å². The maximum absolute atomic E-state index is 6.03. The summed E-state index contributed by atoms with van der Waals surface area (Å²) in [5.74, 6) is 2.00. The van der Waals surface area contributed by atoms with Crippen molar-refractivity contribution in [3.05, 3.63) is 52.0 Å². The third-order valence-corrected chi connectivity index (χ3v) is 5.50. The highest BCUT2D eigenvalue weighted by Gasteiger charge is 2.34. The van der Waals surface area contributed by atoms with Crippen LogP contribution in [0.4, 0.5) is 0 Å². The molecule has 0 aliphatic carbocycles. The zero-order valence-corrected chi connectivity index (χ0v) is 17.5. The number of rotatable bonds is 7. The lowest BCUT2D eigenvalue weighted by molar-refractivity contribution is -0.174. The van der Waals surface area contributed by atoms with Crippen LogP contribution < -0.4 is 14.2 Å². The lowest BCUT2D eigenvalue weighted by Crippen LogP contribution is -2.29. The van der Waals surface area contributed by atoms with E-state index >= 15 is 0 Å². The molecule has 6 heteroatoms. The molecule has 0 radical (unpaired) electrons. The molecule has 0 spiro atoms. The van der Waals surface area contributed by atoms with E-state index in [4.69, 9.17) is 23.7 Å². The van der Waals surface area contributed by atoms with Crippen LogP contribution in [0, 0.1) is 5.92 Å². The summed E-state index contributed by atoms with van der Waals surface area (Å²) in [6.45, 7) is 0.901. The highest BCUT2D eigenvalue weighted by atomic mass is 79.9. The summed E-state index contributed by atoms with van der Waals surface area (Å²) in [6, 6.07) is 12.3. The number of aryl methyl sites for hydroxylation is 1. The number of hydrogen-bond acceptors (Lipinski definition) is 5. The largest absolute Gasteiger partial charge is 0.493 e. The van der Waals surface area contributed by atoms with Gasteiger partial charge in [0.15, 0.2) is 11.5 Å². The van der Waals surface area contributed by atoms with E-state index in [1.807, 2.05) is 12.1 Å². The van der Waals surface area contributed by atoms with Crippen molar-refractivity contribution in [3.8, 4) is 17.2 Å². The highest BCUT2D eigenvalue weighted by Crippen LogP contribution is 2.49. The zero-order chi connectivity index (χ0) is 19.2. The summed E-state index contributed by atoms with van der Waals surface area (Å²) < 4.78 is 29.2. The third kappa shape index (κ3) is 4.39. The molecule has 2 aromatic carbocycles. The summed E-state index contributed by atoms with van der Waals surface area (Å²) in [4.78, 5) is 0. The van der Waals surface area contributed by atoms with Crippen LogP contribution in [0.3, 0.4) is 0 Å². The minimum absolute atomic E-state index is 0.161. The van der Waals surface area contributed by atoms with Gasteiger partial charge in [-0.3, -0.25) is 0 Å². The van der Waals surface area contributed by atoms with Crippen LogP contribution >= 0.6 is 15.9 Å². The molecule has 0 aromatic heterocycles. The van der Waals surface area contributed by atoms with Gasteiger partial charge in [0.1, 0.15) is 6.79 Å². The molecule has 2 atom stereocenters. The van der Waals surface area contributed by atoms with Crippen LogP contribution in [0.25, 0.3) is 0 Å². The third-order valence-electron chi connectivity index (χ3n) is 4.84. The molecule has 5 nitrogen and oxygen atoms in total. The van der Waals surface area contributed by atoms with Gasteiger partial charge in [0, 0.05) is 16.0 Å². The molecule has 0 N–H and O–H groups in total. The van der Waals surface area contributed by atoms with E-state index in [-0.39, 0.29) is 18.8 Å². The standard InChI is InChI=1S/C21H25BrO5/c1-23-17-11-16(22)18(21(25-3)20(17)24-2)19-15(12-26-13-27-19)10-9-14-7-5-4-6-8-14/h4-8,11,15,19H,9-10,12-13H2,1-3H3/t15-,19-/m1/s1. The van der Waals surface area contributed by atoms with E-state index in [0.717, 1.165) is 22.9 Å². The van der Waals surface area contributed by atoms with Crippen molar-refractivity contribution >= 4 is 15.9 Å². The van der Waals surface area contributed by atoms with E-state index in [1.54, 1.807) is 21.3 Å². The summed E-state index contributed by atoms with van der Waals surface area (Å²) in [7, 11) is 4.85. The number of ether oxygens (including phenoxy) is 5. The average Bonchev–Trinajstić information content (AvgIpc) is 2.72. The second-order valence-corrected chi connectivity index (χ2v) is 7.26. The smallest absolute Gasteiger partial charge is 0.203 e. The maximum Gasteiger partial charge on any atom is 0.203 e. The molecule has 1 fully saturated rings. The Hall–Kier alpha value is -1.76. The summed E-state index contributed by atoms with van der Waals surface area (Å²) in [5.41, 5.74) is 2.23. The summed E-state index contributed by atoms with van der Waals surface area (Å²) in [6.07, 6.45) is 1.74. The van der Waals surface area contributed by atoms with E-state index in [0.29, 0.717) is 23.9 Å². The van der Waals surface area contributed by atoms with Crippen molar-refractivity contribution in [3.63, 3.8) is 0 Å². The van der Waals surface area contributed by atoms with E-state index in [2.05, 4.69) is 40.2 Å². The van der Waals surface area contributed by atoms with E-state index < -0.39 is 0 Å². The topological polar surface area (TPSA) is 46.2 Å². The monoisotopic (exact) mass is 436 g/mol. The van der Waals surface area contributed by atoms with Crippen LogP contribution in [0.2, 0.25) is 0 Å². The molecule has 0 unspecified atom stereocenters. The number of methoxy groups -OCH3 is 3. The fourth-order valence-corrected chi connectivity index (χ4v) is 4.12. The lowest BCUT2D eigenvalue weighted by Gasteiger charge is -2.34. The Morgan fingerprint density at radius 3 is 2.44 bits per heavy atom. The fraction of sp³-hybridized carbons (Fsp3) is 0.429. The van der Waals surface area contributed by atoms with Crippen molar-refractivity contribution in [2.24, 2.45) is 5.92 Å². The van der Waals surface area contributed by atoms with Gasteiger partial charge < -0.3 is 23.7 Å². The highest BCUT2D eigenvalue weighted by molar-refractivity contribution is 9.10. The Morgan fingerprint density at radius 2 is 1.78 bits per heavy atom. The van der Waals surface area contributed by atoms with Gasteiger partial charge in [-0.05, 0) is 24.5 Å². The SMILES string of the molecule is COc1cc(Br)c([C@@H]2OCOC[C@H]2CCc2ccccc2)c(OC)c1OC. The summed E-state index contributed by atoms with van der Waals surface area (Å²) >= 11 is 3.67. The Kier molecular flexibility index (Phi) is 6.99. The quantitative estimate of drug-likeness (QED) is 0.625. The van der Waals surface area contributed by atoms with Crippen LogP contribution in [0.5, 0.6) is 17.2 Å². The molecule has 0 saturated carbocycles. The normalized spacial score (nSPS) is 19.6. The molecule has 1 aliphatic rings. The fourth-order valence-electron chi connectivity index (χ4n) is 3.51. The predicted molar refractivity (Wildman–Crippen MR) is 107 cm³/mol. The van der Waals surface area contributed by atoms with Crippen LogP contribution in [-0.4, -0.2) is 34.7 Å². The van der Waals surface area contributed by atoms with Crippen molar-refractivity contribution in [1.82, 2.24) is 0 Å². The van der Waals surface area contributed by atoms with E-state index in [1.165, 1.54) is 5.56 Å². The molecule has 1 aliphatic heterocycles. The van der Waals surface area contributed by atoms with Gasteiger partial charge in [0.2, 0.25) is 5.75 Å². The Balaban J connectivity index is 1.92. The Morgan fingerprint density at radius 1 is 1.04 bits per heavy atom. The van der Waals surface area contributed by atoms with Gasteiger partial charge in [0.25, 0.3) is 0 Å². The zero-order valence-electron chi connectivity index (χ0n) is 15.9. The first-order valence-corrected chi connectivity index (χ1v) is 9.70. The Labute approximate surface area is 168 Å². The van der Waals surface area contributed by atoms with E-state index in [9.17, 15) is 0 Å². The molecule has 27 heavy (non-hydrogen) atoms. The number of benzene rings is 2. The van der Waals surface area contributed by atoms with Gasteiger partial charge in [-0.2, -0.15) is 0 Å². The molecular formula is C21H25BrO5. The molecule has 0 amide bonds. The van der Waals surface area contributed by atoms with Gasteiger partial charge in [-0.25, -0.2) is 0 Å². The molecule has 0 bridgehead atoms.